The second kappa shape index (κ2) is 6.59. The molecule has 0 atom stereocenters. The van der Waals surface area contributed by atoms with Crippen molar-refractivity contribution in [1.82, 2.24) is 15.2 Å². The number of nitrogen functional groups attached to an aromatic ring is 1. The standard InChI is InChI=1S/C14H18Cl2N4/c1-20(2)6-5-18-8-9-3-4-10-13(16)11(15)7-12(17)14(10)19-9/h3-4,7,18H,5-6,8,17H2,1-2H3. The first-order valence-electron chi connectivity index (χ1n) is 6.37. The van der Waals surface area contributed by atoms with Crippen molar-refractivity contribution in [1.29, 1.82) is 0 Å². The van der Waals surface area contributed by atoms with Gasteiger partial charge in [0.2, 0.25) is 0 Å². The fourth-order valence-corrected chi connectivity index (χ4v) is 2.34. The summed E-state index contributed by atoms with van der Waals surface area (Å²) in [7, 11) is 4.09. The second-order valence-corrected chi connectivity index (χ2v) is 5.73. The van der Waals surface area contributed by atoms with Gasteiger partial charge in [-0.25, -0.2) is 4.98 Å². The van der Waals surface area contributed by atoms with Crippen LogP contribution in [-0.2, 0) is 6.54 Å². The van der Waals surface area contributed by atoms with Crippen molar-refractivity contribution >= 4 is 39.8 Å². The van der Waals surface area contributed by atoms with Crippen LogP contribution in [0.5, 0.6) is 0 Å². The maximum atomic E-state index is 6.16. The lowest BCUT2D eigenvalue weighted by molar-refractivity contribution is 0.399. The number of rotatable bonds is 5. The Kier molecular flexibility index (Phi) is 5.05. The first-order valence-corrected chi connectivity index (χ1v) is 7.13. The van der Waals surface area contributed by atoms with Crippen LogP contribution in [-0.4, -0.2) is 37.1 Å². The predicted molar refractivity (Wildman–Crippen MR) is 86.4 cm³/mol. The zero-order chi connectivity index (χ0) is 14.7. The molecule has 0 fully saturated rings. The third kappa shape index (κ3) is 3.52. The van der Waals surface area contributed by atoms with Gasteiger partial charge in [0.25, 0.3) is 0 Å². The van der Waals surface area contributed by atoms with Crippen molar-refractivity contribution in [2.45, 2.75) is 6.54 Å². The monoisotopic (exact) mass is 312 g/mol. The van der Waals surface area contributed by atoms with Crippen LogP contribution >= 0.6 is 23.2 Å². The highest BCUT2D eigenvalue weighted by molar-refractivity contribution is 6.45. The van der Waals surface area contributed by atoms with E-state index in [1.54, 1.807) is 6.07 Å². The van der Waals surface area contributed by atoms with Crippen molar-refractivity contribution in [3.63, 3.8) is 0 Å². The normalized spacial score (nSPS) is 11.4. The van der Waals surface area contributed by atoms with E-state index in [9.17, 15) is 0 Å². The van der Waals surface area contributed by atoms with Gasteiger partial charge in [-0.05, 0) is 32.3 Å². The molecule has 6 heteroatoms. The molecule has 2 rings (SSSR count). The number of nitrogens with zero attached hydrogens (tertiary/aromatic N) is 2. The van der Waals surface area contributed by atoms with E-state index in [1.165, 1.54) is 0 Å². The molecule has 0 aliphatic rings. The number of hydrogen-bond acceptors (Lipinski definition) is 4. The first-order chi connectivity index (χ1) is 9.49. The Bertz CT molecular complexity index is 614. The van der Waals surface area contributed by atoms with E-state index in [-0.39, 0.29) is 0 Å². The molecule has 4 nitrogen and oxygen atoms in total. The average molecular weight is 313 g/mol. The topological polar surface area (TPSA) is 54.2 Å². The van der Waals surface area contributed by atoms with E-state index in [4.69, 9.17) is 28.9 Å². The number of nitrogens with two attached hydrogens (primary N) is 1. The molecule has 2 aromatic rings. The Labute approximate surface area is 128 Å². The summed E-state index contributed by atoms with van der Waals surface area (Å²) in [5, 5.41) is 5.07. The molecule has 0 spiro atoms. The molecule has 0 amide bonds. The van der Waals surface area contributed by atoms with Crippen LogP contribution in [0.2, 0.25) is 10.0 Å². The summed E-state index contributed by atoms with van der Waals surface area (Å²) in [6, 6.07) is 5.49. The van der Waals surface area contributed by atoms with Crippen LogP contribution in [0.3, 0.4) is 0 Å². The van der Waals surface area contributed by atoms with E-state index in [2.05, 4.69) is 15.2 Å². The molecule has 108 valence electrons. The molecule has 0 bridgehead atoms. The van der Waals surface area contributed by atoms with Gasteiger partial charge in [-0.3, -0.25) is 0 Å². The first kappa shape index (κ1) is 15.3. The minimum atomic E-state index is 0.454. The summed E-state index contributed by atoms with van der Waals surface area (Å²) in [4.78, 5) is 6.67. The smallest absolute Gasteiger partial charge is 0.0951 e. The highest BCUT2D eigenvalue weighted by Crippen LogP contribution is 2.33. The maximum Gasteiger partial charge on any atom is 0.0951 e. The molecule has 3 N–H and O–H groups in total. The van der Waals surface area contributed by atoms with Crippen LogP contribution in [0.1, 0.15) is 5.69 Å². The van der Waals surface area contributed by atoms with Gasteiger partial charge in [0, 0.05) is 25.0 Å². The summed E-state index contributed by atoms with van der Waals surface area (Å²) < 4.78 is 0. The molecule has 0 saturated carbocycles. The Morgan fingerprint density at radius 1 is 1.30 bits per heavy atom. The van der Waals surface area contributed by atoms with Gasteiger partial charge >= 0.3 is 0 Å². The van der Waals surface area contributed by atoms with E-state index in [1.807, 2.05) is 26.2 Å². The van der Waals surface area contributed by atoms with Crippen LogP contribution in [0.15, 0.2) is 18.2 Å². The van der Waals surface area contributed by atoms with Crippen LogP contribution in [0, 0.1) is 0 Å². The van der Waals surface area contributed by atoms with Crippen LogP contribution in [0.25, 0.3) is 10.9 Å². The van der Waals surface area contributed by atoms with Gasteiger partial charge in [-0.1, -0.05) is 23.2 Å². The molecule has 0 unspecified atom stereocenters. The third-order valence-electron chi connectivity index (χ3n) is 3.00. The molecule has 0 radical (unpaired) electrons. The second-order valence-electron chi connectivity index (χ2n) is 4.94. The molecule has 20 heavy (non-hydrogen) atoms. The van der Waals surface area contributed by atoms with Gasteiger partial charge < -0.3 is 16.0 Å². The number of fused-ring (bicyclic) bond motifs is 1. The van der Waals surface area contributed by atoms with Crippen LogP contribution in [0.4, 0.5) is 5.69 Å². The average Bonchev–Trinajstić information content (AvgIpc) is 2.41. The number of likely N-dealkylation sites (N-methyl/N-ethyl adjacent to an activating group) is 1. The summed E-state index contributed by atoms with van der Waals surface area (Å²) >= 11 is 12.2. The summed E-state index contributed by atoms with van der Waals surface area (Å²) in [6.45, 7) is 2.59. The maximum absolute atomic E-state index is 6.16. The zero-order valence-electron chi connectivity index (χ0n) is 11.6. The Balaban J connectivity index is 2.17. The van der Waals surface area contributed by atoms with Crippen LogP contribution < -0.4 is 11.1 Å². The van der Waals surface area contributed by atoms with Crippen molar-refractivity contribution in [3.05, 3.63) is 33.9 Å². The van der Waals surface area contributed by atoms with Crippen molar-refractivity contribution in [3.8, 4) is 0 Å². The highest BCUT2D eigenvalue weighted by atomic mass is 35.5. The lowest BCUT2D eigenvalue weighted by atomic mass is 10.1. The fourth-order valence-electron chi connectivity index (χ4n) is 1.91. The number of nitrogens with one attached hydrogen (secondary N) is 1. The van der Waals surface area contributed by atoms with Crippen molar-refractivity contribution < 1.29 is 0 Å². The Morgan fingerprint density at radius 3 is 2.75 bits per heavy atom. The molecule has 1 heterocycles. The predicted octanol–water partition coefficient (Wildman–Crippen LogP) is 2.77. The lowest BCUT2D eigenvalue weighted by Gasteiger charge is -2.11. The largest absolute Gasteiger partial charge is 0.397 e. The lowest BCUT2D eigenvalue weighted by Crippen LogP contribution is -2.26. The van der Waals surface area contributed by atoms with Gasteiger partial charge in [0.1, 0.15) is 0 Å². The van der Waals surface area contributed by atoms with Gasteiger partial charge in [-0.2, -0.15) is 0 Å². The van der Waals surface area contributed by atoms with Crippen molar-refractivity contribution in [2.75, 3.05) is 32.9 Å². The van der Waals surface area contributed by atoms with Gasteiger partial charge in [0.15, 0.2) is 0 Å². The molecule has 0 saturated heterocycles. The SMILES string of the molecule is CN(C)CCNCc1ccc2c(Cl)c(Cl)cc(N)c2n1. The molecule has 1 aromatic heterocycles. The molecular formula is C14H18Cl2N4. The number of anilines is 1. The number of benzene rings is 1. The molecule has 0 aliphatic heterocycles. The van der Waals surface area contributed by atoms with E-state index in [0.717, 1.165) is 24.2 Å². The van der Waals surface area contributed by atoms with Crippen molar-refractivity contribution in [2.24, 2.45) is 0 Å². The fraction of sp³-hybridized carbons (Fsp3) is 0.357. The molecular weight excluding hydrogens is 295 g/mol. The molecule has 1 aromatic carbocycles. The Hall–Kier alpha value is -1.07. The number of halogens is 2. The Morgan fingerprint density at radius 2 is 2.05 bits per heavy atom. The number of hydrogen-bond donors (Lipinski definition) is 2. The van der Waals surface area contributed by atoms with E-state index >= 15 is 0 Å². The minimum absolute atomic E-state index is 0.454. The summed E-state index contributed by atoms with van der Waals surface area (Å²) in [5.74, 6) is 0. The van der Waals surface area contributed by atoms with Gasteiger partial charge in [0.05, 0.1) is 26.9 Å². The van der Waals surface area contributed by atoms with Gasteiger partial charge in [-0.15, -0.1) is 0 Å². The third-order valence-corrected chi connectivity index (χ3v) is 3.80. The highest BCUT2D eigenvalue weighted by Gasteiger charge is 2.09. The summed E-state index contributed by atoms with van der Waals surface area (Å²) in [5.41, 5.74) is 8.13. The quantitative estimate of drug-likeness (QED) is 0.658. The minimum Gasteiger partial charge on any atom is -0.397 e. The number of aromatic nitrogens is 1. The molecule has 0 aliphatic carbocycles. The number of pyridine rings is 1. The summed E-state index contributed by atoms with van der Waals surface area (Å²) in [6.07, 6.45) is 0. The zero-order valence-corrected chi connectivity index (χ0v) is 13.1. The van der Waals surface area contributed by atoms with E-state index < -0.39 is 0 Å². The van der Waals surface area contributed by atoms with E-state index in [0.29, 0.717) is 27.8 Å².